The molecular formula is C23H26FN5S. The Hall–Kier alpha value is -2.64. The minimum absolute atomic E-state index is 0.189. The van der Waals surface area contributed by atoms with Crippen LogP contribution in [0.25, 0.3) is 10.2 Å². The van der Waals surface area contributed by atoms with Crippen molar-refractivity contribution in [1.82, 2.24) is 14.9 Å². The number of nitrogens with one attached hydrogen (secondary N) is 1. The number of nitrogens with zero attached hydrogens (tertiary/aromatic N) is 4. The minimum Gasteiger partial charge on any atom is -0.316 e. The van der Waals surface area contributed by atoms with Gasteiger partial charge >= 0.3 is 0 Å². The van der Waals surface area contributed by atoms with Crippen molar-refractivity contribution in [3.05, 3.63) is 59.9 Å². The molecule has 0 bridgehead atoms. The SMILES string of the molecule is CC(/C=C\N=CCF)c1ccc2nc(Nc3cc(CN4CCCC4)ccn3)sc2c1. The fraction of sp³-hybridized carbons (Fsp3) is 0.348. The third-order valence-corrected chi connectivity index (χ3v) is 6.17. The predicted molar refractivity (Wildman–Crippen MR) is 124 cm³/mol. The number of benzene rings is 1. The van der Waals surface area contributed by atoms with Gasteiger partial charge in [-0.1, -0.05) is 30.4 Å². The van der Waals surface area contributed by atoms with Gasteiger partial charge in [-0.15, -0.1) is 0 Å². The molecule has 30 heavy (non-hydrogen) atoms. The number of fused-ring (bicyclic) bond motifs is 1. The first-order valence-corrected chi connectivity index (χ1v) is 11.1. The number of pyridine rings is 1. The topological polar surface area (TPSA) is 53.4 Å². The Bertz CT molecular complexity index is 1040. The van der Waals surface area contributed by atoms with Crippen LogP contribution in [0.5, 0.6) is 0 Å². The van der Waals surface area contributed by atoms with Crippen LogP contribution in [0.1, 0.15) is 36.8 Å². The number of alkyl halides is 1. The van der Waals surface area contributed by atoms with Crippen molar-refractivity contribution >= 4 is 38.7 Å². The van der Waals surface area contributed by atoms with Gasteiger partial charge in [0.05, 0.1) is 10.2 Å². The molecule has 3 aromatic rings. The summed E-state index contributed by atoms with van der Waals surface area (Å²) in [6, 6.07) is 10.5. The number of aromatic nitrogens is 2. The van der Waals surface area contributed by atoms with Crippen molar-refractivity contribution in [2.45, 2.75) is 32.2 Å². The van der Waals surface area contributed by atoms with Crippen molar-refractivity contribution < 1.29 is 4.39 Å². The van der Waals surface area contributed by atoms with E-state index in [2.05, 4.69) is 51.4 Å². The molecule has 0 spiro atoms. The monoisotopic (exact) mass is 423 g/mol. The van der Waals surface area contributed by atoms with E-state index in [0.717, 1.165) is 27.7 Å². The van der Waals surface area contributed by atoms with E-state index in [4.69, 9.17) is 4.98 Å². The van der Waals surface area contributed by atoms with Crippen LogP contribution in [0.2, 0.25) is 0 Å². The lowest BCUT2D eigenvalue weighted by Gasteiger charge is -2.14. The lowest BCUT2D eigenvalue weighted by atomic mass is 10.0. The molecule has 0 aliphatic carbocycles. The molecule has 4 rings (SSSR count). The van der Waals surface area contributed by atoms with Gasteiger partial charge in [-0.05, 0) is 61.3 Å². The summed E-state index contributed by atoms with van der Waals surface area (Å²) in [5, 5.41) is 4.20. The van der Waals surface area contributed by atoms with Crippen LogP contribution in [0.3, 0.4) is 0 Å². The van der Waals surface area contributed by atoms with Crippen LogP contribution in [0, 0.1) is 0 Å². The molecule has 1 fully saturated rings. The van der Waals surface area contributed by atoms with Crippen LogP contribution in [-0.4, -0.2) is 40.8 Å². The summed E-state index contributed by atoms with van der Waals surface area (Å²) in [5.74, 6) is 1.02. The highest BCUT2D eigenvalue weighted by Gasteiger charge is 2.13. The van der Waals surface area contributed by atoms with Gasteiger partial charge in [0.25, 0.3) is 0 Å². The van der Waals surface area contributed by atoms with Crippen molar-refractivity contribution in [2.75, 3.05) is 25.1 Å². The molecule has 1 aromatic carbocycles. The zero-order chi connectivity index (χ0) is 20.8. The molecule has 1 unspecified atom stereocenters. The fourth-order valence-electron chi connectivity index (χ4n) is 3.62. The highest BCUT2D eigenvalue weighted by molar-refractivity contribution is 7.22. The molecule has 0 amide bonds. The van der Waals surface area contributed by atoms with E-state index >= 15 is 0 Å². The first-order valence-electron chi connectivity index (χ1n) is 10.3. The smallest absolute Gasteiger partial charge is 0.189 e. The van der Waals surface area contributed by atoms with Crippen molar-refractivity contribution in [3.63, 3.8) is 0 Å². The number of likely N-dealkylation sites (tertiary alicyclic amines) is 1. The molecule has 0 radical (unpaired) electrons. The number of rotatable bonds is 8. The minimum atomic E-state index is -0.544. The second-order valence-electron chi connectivity index (χ2n) is 7.52. The van der Waals surface area contributed by atoms with Crippen LogP contribution >= 0.6 is 11.3 Å². The third kappa shape index (κ3) is 5.29. The number of aliphatic imine (C=N–C) groups is 1. The van der Waals surface area contributed by atoms with Crippen molar-refractivity contribution in [2.24, 2.45) is 4.99 Å². The summed E-state index contributed by atoms with van der Waals surface area (Å²) in [7, 11) is 0. The van der Waals surface area contributed by atoms with Crippen LogP contribution in [-0.2, 0) is 6.54 Å². The van der Waals surface area contributed by atoms with E-state index in [0.29, 0.717) is 0 Å². The van der Waals surface area contributed by atoms with Crippen LogP contribution in [0.4, 0.5) is 15.3 Å². The van der Waals surface area contributed by atoms with Crippen LogP contribution in [0.15, 0.2) is 53.8 Å². The van der Waals surface area contributed by atoms with Gasteiger partial charge in [-0.25, -0.2) is 14.4 Å². The zero-order valence-electron chi connectivity index (χ0n) is 17.1. The van der Waals surface area contributed by atoms with Gasteiger partial charge < -0.3 is 5.32 Å². The average molecular weight is 424 g/mol. The van der Waals surface area contributed by atoms with Gasteiger partial charge in [-0.2, -0.15) is 0 Å². The second kappa shape index (κ2) is 9.91. The Morgan fingerprint density at radius 3 is 2.97 bits per heavy atom. The van der Waals surface area contributed by atoms with E-state index in [1.807, 2.05) is 18.3 Å². The third-order valence-electron chi connectivity index (χ3n) is 5.24. The molecule has 0 saturated carbocycles. The lowest BCUT2D eigenvalue weighted by molar-refractivity contribution is 0.331. The quantitative estimate of drug-likeness (QED) is 0.473. The molecule has 7 heteroatoms. The summed E-state index contributed by atoms with van der Waals surface area (Å²) in [6.45, 7) is 4.89. The van der Waals surface area contributed by atoms with Gasteiger partial charge in [0, 0.05) is 31.1 Å². The standard InChI is InChI=1S/C23H26FN5S/c1-17(6-9-25-11-8-24)19-4-5-20-21(15-19)30-23(27-20)28-22-14-18(7-10-26-22)16-29-12-2-3-13-29/h4-7,9-11,14-15,17H,2-3,8,12-13,16H2,1H3,(H,26,27,28)/b9-6-,25-11?. The Morgan fingerprint density at radius 1 is 1.27 bits per heavy atom. The molecule has 1 N–H and O–H groups in total. The highest BCUT2D eigenvalue weighted by Crippen LogP contribution is 2.31. The fourth-order valence-corrected chi connectivity index (χ4v) is 4.54. The average Bonchev–Trinajstić information content (AvgIpc) is 3.40. The van der Waals surface area contributed by atoms with E-state index in [9.17, 15) is 4.39 Å². The number of hydrogen-bond acceptors (Lipinski definition) is 6. The first-order chi connectivity index (χ1) is 14.7. The number of thiazole rings is 1. The summed E-state index contributed by atoms with van der Waals surface area (Å²) in [4.78, 5) is 15.5. The summed E-state index contributed by atoms with van der Waals surface area (Å²) >= 11 is 1.62. The number of halogens is 1. The van der Waals surface area contributed by atoms with Gasteiger partial charge in [-0.3, -0.25) is 9.89 Å². The summed E-state index contributed by atoms with van der Waals surface area (Å²) < 4.78 is 13.2. The maximum absolute atomic E-state index is 12.1. The summed E-state index contributed by atoms with van der Waals surface area (Å²) in [5.41, 5.74) is 3.41. The molecular weight excluding hydrogens is 397 g/mol. The van der Waals surface area contributed by atoms with Gasteiger partial charge in [0.15, 0.2) is 5.13 Å². The lowest BCUT2D eigenvalue weighted by Crippen LogP contribution is -2.18. The number of hydrogen-bond donors (Lipinski definition) is 1. The highest BCUT2D eigenvalue weighted by atomic mass is 32.1. The molecule has 2 aromatic heterocycles. The van der Waals surface area contributed by atoms with E-state index in [-0.39, 0.29) is 5.92 Å². The van der Waals surface area contributed by atoms with Crippen molar-refractivity contribution in [1.29, 1.82) is 0 Å². The van der Waals surface area contributed by atoms with Crippen LogP contribution < -0.4 is 5.32 Å². The van der Waals surface area contributed by atoms with E-state index in [1.165, 1.54) is 43.3 Å². The molecule has 1 aliphatic heterocycles. The molecule has 3 heterocycles. The van der Waals surface area contributed by atoms with Gasteiger partial charge in [0.1, 0.15) is 12.5 Å². The molecule has 1 saturated heterocycles. The Labute approximate surface area is 180 Å². The zero-order valence-corrected chi connectivity index (χ0v) is 17.9. The maximum atomic E-state index is 12.1. The number of anilines is 2. The Morgan fingerprint density at radius 2 is 2.13 bits per heavy atom. The van der Waals surface area contributed by atoms with E-state index < -0.39 is 6.67 Å². The Balaban J connectivity index is 1.46. The summed E-state index contributed by atoms with van der Waals surface area (Å²) in [6.07, 6.45) is 9.31. The predicted octanol–water partition coefficient (Wildman–Crippen LogP) is 5.69. The normalized spacial score (nSPS) is 16.2. The maximum Gasteiger partial charge on any atom is 0.189 e. The van der Waals surface area contributed by atoms with Crippen molar-refractivity contribution in [3.8, 4) is 0 Å². The second-order valence-corrected chi connectivity index (χ2v) is 8.55. The van der Waals surface area contributed by atoms with Gasteiger partial charge in [0.2, 0.25) is 0 Å². The largest absolute Gasteiger partial charge is 0.316 e. The molecule has 156 valence electrons. The number of allylic oxidation sites excluding steroid dienone is 1. The molecule has 5 nitrogen and oxygen atoms in total. The molecule has 1 atom stereocenters. The first kappa shape index (κ1) is 20.6. The molecule has 1 aliphatic rings. The Kier molecular flexibility index (Phi) is 6.81. The van der Waals surface area contributed by atoms with E-state index in [1.54, 1.807) is 17.5 Å².